The van der Waals surface area contributed by atoms with Crippen molar-refractivity contribution in [3.05, 3.63) is 28.7 Å². The second-order valence-corrected chi connectivity index (χ2v) is 5.51. The first-order valence-electron chi connectivity index (χ1n) is 6.53. The summed E-state index contributed by atoms with van der Waals surface area (Å²) in [5, 5.41) is 9.15. The van der Waals surface area contributed by atoms with E-state index in [1.807, 2.05) is 6.07 Å². The molecule has 2 unspecified atom stereocenters. The molecule has 21 heavy (non-hydrogen) atoms. The first-order valence-corrected chi connectivity index (χ1v) is 7.32. The van der Waals surface area contributed by atoms with Crippen LogP contribution >= 0.6 is 15.9 Å². The maximum Gasteiger partial charge on any atom is 0.328 e. The Bertz CT molecular complexity index is 536. The van der Waals surface area contributed by atoms with Crippen LogP contribution in [0.5, 0.6) is 5.75 Å². The van der Waals surface area contributed by atoms with E-state index in [9.17, 15) is 9.59 Å². The minimum Gasteiger partial charge on any atom is -0.480 e. The molecule has 1 aliphatic rings. The van der Waals surface area contributed by atoms with Crippen molar-refractivity contribution in [1.29, 1.82) is 0 Å². The van der Waals surface area contributed by atoms with Crippen molar-refractivity contribution in [2.45, 2.75) is 19.1 Å². The van der Waals surface area contributed by atoms with Crippen LogP contribution < -0.4 is 4.74 Å². The van der Waals surface area contributed by atoms with Crippen molar-refractivity contribution in [3.63, 3.8) is 0 Å². The van der Waals surface area contributed by atoms with E-state index in [0.29, 0.717) is 12.4 Å². The summed E-state index contributed by atoms with van der Waals surface area (Å²) in [7, 11) is 0. The smallest absolute Gasteiger partial charge is 0.328 e. The fraction of sp³-hybridized carbons (Fsp3) is 0.429. The van der Waals surface area contributed by atoms with E-state index in [0.717, 1.165) is 4.47 Å². The van der Waals surface area contributed by atoms with Crippen molar-refractivity contribution < 1.29 is 24.2 Å². The molecule has 1 amide bonds. The van der Waals surface area contributed by atoms with Gasteiger partial charge in [-0.3, -0.25) is 4.79 Å². The summed E-state index contributed by atoms with van der Waals surface area (Å²) < 4.78 is 11.5. The number of halogens is 1. The maximum atomic E-state index is 12.4. The summed E-state index contributed by atoms with van der Waals surface area (Å²) >= 11 is 3.34. The highest BCUT2D eigenvalue weighted by Crippen LogP contribution is 2.25. The van der Waals surface area contributed by atoms with Gasteiger partial charge in [0.25, 0.3) is 5.91 Å². The van der Waals surface area contributed by atoms with Crippen LogP contribution in [0.4, 0.5) is 0 Å². The van der Waals surface area contributed by atoms with Gasteiger partial charge in [0.15, 0.2) is 12.1 Å². The van der Waals surface area contributed by atoms with Crippen LogP contribution in [0.2, 0.25) is 0 Å². The first kappa shape index (κ1) is 15.8. The maximum absolute atomic E-state index is 12.4. The molecule has 0 aromatic heterocycles. The summed E-state index contributed by atoms with van der Waals surface area (Å²) in [6.07, 6.45) is -0.774. The number of ether oxygens (including phenoxy) is 2. The largest absolute Gasteiger partial charge is 0.480 e. The van der Waals surface area contributed by atoms with Crippen LogP contribution in [0.3, 0.4) is 0 Å². The highest BCUT2D eigenvalue weighted by atomic mass is 79.9. The SMILES string of the molecule is CC(Oc1ccccc1Br)C(=O)N1CCOCC1C(=O)O. The van der Waals surface area contributed by atoms with Crippen molar-refractivity contribution in [2.24, 2.45) is 0 Å². The average Bonchev–Trinajstić information content (AvgIpc) is 2.48. The lowest BCUT2D eigenvalue weighted by atomic mass is 10.2. The summed E-state index contributed by atoms with van der Waals surface area (Å²) in [5.74, 6) is -0.893. The molecular weight excluding hydrogens is 342 g/mol. The van der Waals surface area contributed by atoms with Gasteiger partial charge in [0.05, 0.1) is 17.7 Å². The van der Waals surface area contributed by atoms with Crippen LogP contribution in [0.25, 0.3) is 0 Å². The molecule has 1 N–H and O–H groups in total. The minimum absolute atomic E-state index is 0.00280. The Balaban J connectivity index is 2.07. The minimum atomic E-state index is -1.07. The topological polar surface area (TPSA) is 76.1 Å². The zero-order valence-corrected chi connectivity index (χ0v) is 13.1. The van der Waals surface area contributed by atoms with Crippen molar-refractivity contribution in [3.8, 4) is 5.75 Å². The fourth-order valence-corrected chi connectivity index (χ4v) is 2.46. The Morgan fingerprint density at radius 1 is 1.48 bits per heavy atom. The summed E-state index contributed by atoms with van der Waals surface area (Å²) in [6.45, 7) is 2.19. The number of amides is 1. The van der Waals surface area contributed by atoms with Gasteiger partial charge in [-0.2, -0.15) is 0 Å². The second kappa shape index (κ2) is 6.91. The molecule has 2 rings (SSSR count). The Morgan fingerprint density at radius 3 is 2.86 bits per heavy atom. The Hall–Kier alpha value is -1.60. The summed E-state index contributed by atoms with van der Waals surface area (Å²) in [4.78, 5) is 24.9. The lowest BCUT2D eigenvalue weighted by Crippen LogP contribution is -2.55. The predicted molar refractivity (Wildman–Crippen MR) is 78.2 cm³/mol. The van der Waals surface area contributed by atoms with Gasteiger partial charge in [-0.05, 0) is 35.0 Å². The number of carboxylic acids is 1. The predicted octanol–water partition coefficient (Wildman–Crippen LogP) is 1.53. The molecule has 6 nitrogen and oxygen atoms in total. The number of benzene rings is 1. The van der Waals surface area contributed by atoms with E-state index in [1.54, 1.807) is 25.1 Å². The van der Waals surface area contributed by atoms with Crippen molar-refractivity contribution in [2.75, 3.05) is 19.8 Å². The number of carboxylic acid groups (broad SMARTS) is 1. The fourth-order valence-electron chi connectivity index (χ4n) is 2.09. The quantitative estimate of drug-likeness (QED) is 0.884. The Labute approximate surface area is 130 Å². The van der Waals surface area contributed by atoms with E-state index in [-0.39, 0.29) is 19.1 Å². The molecule has 1 heterocycles. The number of rotatable bonds is 4. The monoisotopic (exact) mass is 357 g/mol. The lowest BCUT2D eigenvalue weighted by molar-refractivity contribution is -0.161. The first-order chi connectivity index (χ1) is 10.0. The van der Waals surface area contributed by atoms with E-state index >= 15 is 0 Å². The van der Waals surface area contributed by atoms with Gasteiger partial charge in [0.2, 0.25) is 0 Å². The number of morpholine rings is 1. The molecule has 1 aliphatic heterocycles. The van der Waals surface area contributed by atoms with Crippen LogP contribution in [0.1, 0.15) is 6.92 Å². The molecule has 1 aromatic rings. The third-order valence-corrected chi connectivity index (χ3v) is 3.84. The van der Waals surface area contributed by atoms with E-state index in [2.05, 4.69) is 15.9 Å². The van der Waals surface area contributed by atoms with Crippen LogP contribution in [-0.2, 0) is 14.3 Å². The number of carbonyl (C=O) groups is 2. The number of hydrogen-bond donors (Lipinski definition) is 1. The summed E-state index contributed by atoms with van der Waals surface area (Å²) in [5.41, 5.74) is 0. The highest BCUT2D eigenvalue weighted by molar-refractivity contribution is 9.10. The molecule has 114 valence electrons. The van der Waals surface area contributed by atoms with Gasteiger partial charge >= 0.3 is 5.97 Å². The highest BCUT2D eigenvalue weighted by Gasteiger charge is 2.35. The Kier molecular flexibility index (Phi) is 5.19. The number of para-hydroxylation sites is 1. The molecule has 0 aliphatic carbocycles. The molecule has 0 bridgehead atoms. The van der Waals surface area contributed by atoms with Gasteiger partial charge < -0.3 is 19.5 Å². The molecule has 1 aromatic carbocycles. The zero-order valence-electron chi connectivity index (χ0n) is 11.5. The molecule has 0 saturated carbocycles. The number of hydrogen-bond acceptors (Lipinski definition) is 4. The molecule has 0 spiro atoms. The van der Waals surface area contributed by atoms with E-state index < -0.39 is 18.1 Å². The standard InChI is InChI=1S/C14H16BrNO5/c1-9(21-12-5-3-2-4-10(12)15)13(17)16-6-7-20-8-11(16)14(18)19/h2-5,9,11H,6-8H2,1H3,(H,18,19). The van der Waals surface area contributed by atoms with Crippen molar-refractivity contribution >= 4 is 27.8 Å². The zero-order chi connectivity index (χ0) is 15.4. The second-order valence-electron chi connectivity index (χ2n) is 4.65. The molecule has 7 heteroatoms. The third-order valence-electron chi connectivity index (χ3n) is 3.18. The number of carbonyl (C=O) groups excluding carboxylic acids is 1. The molecule has 1 saturated heterocycles. The van der Waals surface area contributed by atoms with Gasteiger partial charge in [0.1, 0.15) is 5.75 Å². The number of nitrogens with zero attached hydrogens (tertiary/aromatic N) is 1. The third kappa shape index (κ3) is 3.74. The lowest BCUT2D eigenvalue weighted by Gasteiger charge is -2.34. The van der Waals surface area contributed by atoms with Crippen LogP contribution in [-0.4, -0.2) is 53.8 Å². The van der Waals surface area contributed by atoms with Crippen LogP contribution in [0, 0.1) is 0 Å². The molecule has 1 fully saturated rings. The number of aliphatic carboxylic acids is 1. The average molecular weight is 358 g/mol. The van der Waals surface area contributed by atoms with Crippen molar-refractivity contribution in [1.82, 2.24) is 4.90 Å². The van der Waals surface area contributed by atoms with E-state index in [1.165, 1.54) is 4.90 Å². The van der Waals surface area contributed by atoms with Gasteiger partial charge in [-0.1, -0.05) is 12.1 Å². The summed E-state index contributed by atoms with van der Waals surface area (Å²) in [6, 6.07) is 6.22. The normalized spacial score (nSPS) is 19.9. The van der Waals surface area contributed by atoms with Crippen LogP contribution in [0.15, 0.2) is 28.7 Å². The Morgan fingerprint density at radius 2 is 2.19 bits per heavy atom. The van der Waals surface area contributed by atoms with Gasteiger partial charge in [-0.25, -0.2) is 4.79 Å². The van der Waals surface area contributed by atoms with Gasteiger partial charge in [-0.15, -0.1) is 0 Å². The molecule has 2 atom stereocenters. The molecule has 0 radical (unpaired) electrons. The van der Waals surface area contributed by atoms with Gasteiger partial charge in [0, 0.05) is 6.54 Å². The molecular formula is C14H16BrNO5. The van der Waals surface area contributed by atoms with E-state index in [4.69, 9.17) is 14.6 Å².